The van der Waals surface area contributed by atoms with E-state index in [0.29, 0.717) is 12.0 Å². The summed E-state index contributed by atoms with van der Waals surface area (Å²) in [5.41, 5.74) is 3.39. The molecule has 1 aliphatic carbocycles. The van der Waals surface area contributed by atoms with Crippen molar-refractivity contribution in [2.24, 2.45) is 0 Å². The topological polar surface area (TPSA) is 55.2 Å². The van der Waals surface area contributed by atoms with Crippen molar-refractivity contribution in [3.05, 3.63) is 69.8 Å². The molecule has 20 heavy (non-hydrogen) atoms. The molecular formula is C16H16N2O2. The summed E-state index contributed by atoms with van der Waals surface area (Å²) in [7, 11) is 0. The smallest absolute Gasteiger partial charge is 0.269 e. The van der Waals surface area contributed by atoms with Gasteiger partial charge in [0.25, 0.3) is 5.69 Å². The lowest BCUT2D eigenvalue weighted by atomic mass is 10.1. The molecule has 0 bridgehead atoms. The zero-order valence-corrected chi connectivity index (χ0v) is 11.2. The highest BCUT2D eigenvalue weighted by Gasteiger charge is 2.38. The first kappa shape index (κ1) is 12.7. The largest absolute Gasteiger partial charge is 0.381 e. The number of rotatable bonds is 4. The molecule has 1 N–H and O–H groups in total. The van der Waals surface area contributed by atoms with Gasteiger partial charge in [-0.05, 0) is 30.5 Å². The van der Waals surface area contributed by atoms with Gasteiger partial charge in [0.05, 0.1) is 4.92 Å². The Morgan fingerprint density at radius 3 is 2.60 bits per heavy atom. The number of benzene rings is 2. The third kappa shape index (κ3) is 2.50. The van der Waals surface area contributed by atoms with Gasteiger partial charge in [0.2, 0.25) is 0 Å². The fraction of sp³-hybridized carbons (Fsp3) is 0.250. The standard InChI is InChI=1S/C16H16N2O2/c1-11-9-13(18(19)20)7-8-15(11)17-16-10-14(16)12-5-3-2-4-6-12/h2-9,14,16-17H,10H2,1H3. The highest BCUT2D eigenvalue weighted by atomic mass is 16.6. The second-order valence-electron chi connectivity index (χ2n) is 5.26. The average Bonchev–Trinajstić information content (AvgIpc) is 3.21. The third-order valence-electron chi connectivity index (χ3n) is 3.78. The summed E-state index contributed by atoms with van der Waals surface area (Å²) in [6.07, 6.45) is 1.11. The van der Waals surface area contributed by atoms with Crippen LogP contribution in [0.5, 0.6) is 0 Å². The Balaban J connectivity index is 1.70. The molecule has 1 fully saturated rings. The molecule has 4 heteroatoms. The number of nitrogens with one attached hydrogen (secondary N) is 1. The first-order chi connectivity index (χ1) is 9.65. The normalized spacial score (nSPS) is 20.4. The van der Waals surface area contributed by atoms with Crippen LogP contribution in [0.2, 0.25) is 0 Å². The highest BCUT2D eigenvalue weighted by Crippen LogP contribution is 2.43. The van der Waals surface area contributed by atoms with Crippen molar-refractivity contribution in [3.8, 4) is 0 Å². The van der Waals surface area contributed by atoms with Crippen LogP contribution in [0.1, 0.15) is 23.5 Å². The first-order valence-electron chi connectivity index (χ1n) is 6.71. The number of nitrogens with zero attached hydrogens (tertiary/aromatic N) is 1. The molecule has 0 spiro atoms. The molecule has 0 amide bonds. The van der Waals surface area contributed by atoms with E-state index in [2.05, 4.69) is 29.6 Å². The molecule has 2 aromatic carbocycles. The van der Waals surface area contributed by atoms with E-state index >= 15 is 0 Å². The molecule has 102 valence electrons. The van der Waals surface area contributed by atoms with E-state index in [4.69, 9.17) is 0 Å². The second kappa shape index (κ2) is 4.96. The molecule has 0 heterocycles. The van der Waals surface area contributed by atoms with E-state index in [1.807, 2.05) is 13.0 Å². The average molecular weight is 268 g/mol. The Hall–Kier alpha value is -2.36. The number of non-ortho nitro benzene ring substituents is 1. The van der Waals surface area contributed by atoms with Gasteiger partial charge < -0.3 is 5.32 Å². The monoisotopic (exact) mass is 268 g/mol. The number of aryl methyl sites for hydroxylation is 1. The van der Waals surface area contributed by atoms with Crippen molar-refractivity contribution in [2.75, 3.05) is 5.32 Å². The summed E-state index contributed by atoms with van der Waals surface area (Å²) < 4.78 is 0. The maximum absolute atomic E-state index is 10.7. The highest BCUT2D eigenvalue weighted by molar-refractivity contribution is 5.57. The van der Waals surface area contributed by atoms with Crippen molar-refractivity contribution in [1.82, 2.24) is 0 Å². The quantitative estimate of drug-likeness (QED) is 0.676. The second-order valence-corrected chi connectivity index (χ2v) is 5.26. The zero-order valence-electron chi connectivity index (χ0n) is 11.2. The minimum Gasteiger partial charge on any atom is -0.381 e. The van der Waals surface area contributed by atoms with Gasteiger partial charge in [-0.2, -0.15) is 0 Å². The minimum absolute atomic E-state index is 0.142. The fourth-order valence-corrected chi connectivity index (χ4v) is 2.55. The Morgan fingerprint density at radius 2 is 1.95 bits per heavy atom. The summed E-state index contributed by atoms with van der Waals surface area (Å²) in [5.74, 6) is 0.547. The van der Waals surface area contributed by atoms with Crippen LogP contribution < -0.4 is 5.32 Å². The molecule has 2 unspecified atom stereocenters. The van der Waals surface area contributed by atoms with Crippen molar-refractivity contribution < 1.29 is 4.92 Å². The van der Waals surface area contributed by atoms with E-state index in [-0.39, 0.29) is 10.6 Å². The van der Waals surface area contributed by atoms with E-state index in [0.717, 1.165) is 17.7 Å². The van der Waals surface area contributed by atoms with Crippen molar-refractivity contribution in [2.45, 2.75) is 25.3 Å². The van der Waals surface area contributed by atoms with E-state index < -0.39 is 0 Å². The lowest BCUT2D eigenvalue weighted by Crippen LogP contribution is -2.05. The molecule has 2 aromatic rings. The molecule has 0 saturated heterocycles. The number of hydrogen-bond donors (Lipinski definition) is 1. The maximum Gasteiger partial charge on any atom is 0.269 e. The van der Waals surface area contributed by atoms with Crippen LogP contribution in [0.25, 0.3) is 0 Å². The Bertz CT molecular complexity index is 640. The zero-order chi connectivity index (χ0) is 14.1. The predicted molar refractivity (Wildman–Crippen MR) is 79.0 cm³/mol. The van der Waals surface area contributed by atoms with Crippen LogP contribution in [-0.2, 0) is 0 Å². The van der Waals surface area contributed by atoms with E-state index in [1.165, 1.54) is 5.56 Å². The van der Waals surface area contributed by atoms with Crippen LogP contribution in [0.4, 0.5) is 11.4 Å². The van der Waals surface area contributed by atoms with Crippen LogP contribution in [0.15, 0.2) is 48.5 Å². The summed E-state index contributed by atoms with van der Waals surface area (Å²) in [6.45, 7) is 1.90. The van der Waals surface area contributed by atoms with Gasteiger partial charge in [-0.1, -0.05) is 30.3 Å². The van der Waals surface area contributed by atoms with Gasteiger partial charge in [-0.3, -0.25) is 10.1 Å². The summed E-state index contributed by atoms with van der Waals surface area (Å²) in [6, 6.07) is 15.8. The Morgan fingerprint density at radius 1 is 1.20 bits per heavy atom. The number of anilines is 1. The predicted octanol–water partition coefficient (Wildman–Crippen LogP) is 3.87. The number of nitro groups is 1. The van der Waals surface area contributed by atoms with Crippen molar-refractivity contribution in [3.63, 3.8) is 0 Å². The maximum atomic E-state index is 10.7. The third-order valence-corrected chi connectivity index (χ3v) is 3.78. The van der Waals surface area contributed by atoms with Crippen LogP contribution in [-0.4, -0.2) is 11.0 Å². The summed E-state index contributed by atoms with van der Waals surface area (Å²) in [4.78, 5) is 10.4. The van der Waals surface area contributed by atoms with Crippen LogP contribution in [0, 0.1) is 17.0 Å². The first-order valence-corrected chi connectivity index (χ1v) is 6.71. The van der Waals surface area contributed by atoms with Crippen molar-refractivity contribution in [1.29, 1.82) is 0 Å². The Kier molecular flexibility index (Phi) is 3.14. The molecule has 3 rings (SSSR count). The van der Waals surface area contributed by atoms with E-state index in [9.17, 15) is 10.1 Å². The summed E-state index contributed by atoms with van der Waals surface area (Å²) in [5, 5.41) is 14.2. The number of nitro benzene ring substituents is 1. The molecule has 2 atom stereocenters. The molecule has 4 nitrogen and oxygen atoms in total. The van der Waals surface area contributed by atoms with Crippen LogP contribution in [0.3, 0.4) is 0 Å². The molecular weight excluding hydrogens is 252 g/mol. The van der Waals surface area contributed by atoms with Gasteiger partial charge in [0.1, 0.15) is 0 Å². The number of hydrogen-bond acceptors (Lipinski definition) is 3. The summed E-state index contributed by atoms with van der Waals surface area (Å²) >= 11 is 0. The molecule has 0 aromatic heterocycles. The molecule has 0 aliphatic heterocycles. The van der Waals surface area contributed by atoms with Crippen molar-refractivity contribution >= 4 is 11.4 Å². The van der Waals surface area contributed by atoms with Gasteiger partial charge in [0, 0.05) is 29.8 Å². The lowest BCUT2D eigenvalue weighted by molar-refractivity contribution is -0.384. The van der Waals surface area contributed by atoms with Gasteiger partial charge in [-0.15, -0.1) is 0 Å². The van der Waals surface area contributed by atoms with Gasteiger partial charge in [0.15, 0.2) is 0 Å². The minimum atomic E-state index is -0.360. The molecule has 1 aliphatic rings. The van der Waals surface area contributed by atoms with Crippen LogP contribution >= 0.6 is 0 Å². The molecule has 0 radical (unpaired) electrons. The molecule has 1 saturated carbocycles. The van der Waals surface area contributed by atoms with Gasteiger partial charge >= 0.3 is 0 Å². The van der Waals surface area contributed by atoms with Gasteiger partial charge in [-0.25, -0.2) is 0 Å². The SMILES string of the molecule is Cc1cc([N+](=O)[O-])ccc1NC1CC1c1ccccc1. The fourth-order valence-electron chi connectivity index (χ4n) is 2.55. The Labute approximate surface area is 117 Å². The lowest BCUT2D eigenvalue weighted by Gasteiger charge is -2.09. The van der Waals surface area contributed by atoms with E-state index in [1.54, 1.807) is 18.2 Å².